The summed E-state index contributed by atoms with van der Waals surface area (Å²) in [4.78, 5) is 4.63. The number of hydrogen-bond donors (Lipinski definition) is 1. The number of nitrogens with zero attached hydrogens (tertiary/aromatic N) is 1. The van der Waals surface area contributed by atoms with Crippen molar-refractivity contribution in [3.63, 3.8) is 0 Å². The Balaban J connectivity index is 1.90. The van der Waals surface area contributed by atoms with Gasteiger partial charge in [0.05, 0.1) is 23.9 Å². The molecule has 6 heteroatoms. The predicted molar refractivity (Wildman–Crippen MR) is 85.5 cm³/mol. The largest absolute Gasteiger partial charge is 0.489 e. The van der Waals surface area contributed by atoms with Crippen LogP contribution < -0.4 is 14.8 Å². The summed E-state index contributed by atoms with van der Waals surface area (Å²) in [7, 11) is 0. The fraction of sp³-hybridized carbons (Fsp3) is 0.400. The van der Waals surface area contributed by atoms with Gasteiger partial charge in [-0.1, -0.05) is 18.5 Å². The van der Waals surface area contributed by atoms with Gasteiger partial charge in [-0.05, 0) is 18.7 Å². The summed E-state index contributed by atoms with van der Waals surface area (Å²) in [6, 6.07) is 3.85. The molecule has 0 radical (unpaired) electrons. The molecule has 0 amide bonds. The van der Waals surface area contributed by atoms with E-state index in [0.717, 1.165) is 35.8 Å². The second-order valence-corrected chi connectivity index (χ2v) is 6.03. The second-order valence-electron chi connectivity index (χ2n) is 4.76. The van der Waals surface area contributed by atoms with Crippen LogP contribution in [-0.2, 0) is 6.54 Å². The minimum atomic E-state index is 0.577. The summed E-state index contributed by atoms with van der Waals surface area (Å²) in [6.07, 6.45) is 0.866. The van der Waals surface area contributed by atoms with Gasteiger partial charge in [-0.15, -0.1) is 11.3 Å². The number of nitrogens with one attached hydrogen (secondary N) is 1. The van der Waals surface area contributed by atoms with E-state index in [-0.39, 0.29) is 0 Å². The van der Waals surface area contributed by atoms with E-state index in [1.54, 1.807) is 11.3 Å². The molecule has 0 saturated heterocycles. The molecule has 1 aromatic heterocycles. The lowest BCUT2D eigenvalue weighted by Crippen LogP contribution is -2.11. The summed E-state index contributed by atoms with van der Waals surface area (Å²) in [6.45, 7) is 5.08. The Morgan fingerprint density at radius 2 is 2.19 bits per heavy atom. The molecule has 0 fully saturated rings. The molecule has 1 aliphatic heterocycles. The topological polar surface area (TPSA) is 43.4 Å². The lowest BCUT2D eigenvalue weighted by atomic mass is 10.2. The van der Waals surface area contributed by atoms with Crippen molar-refractivity contribution in [1.82, 2.24) is 10.3 Å². The maximum absolute atomic E-state index is 6.32. The quantitative estimate of drug-likeness (QED) is 0.930. The van der Waals surface area contributed by atoms with Crippen molar-refractivity contribution in [2.75, 3.05) is 19.8 Å². The molecule has 0 aliphatic carbocycles. The standard InChI is InChI=1S/C15H17ClN2O2S/c1-2-17-8-11-9-21-15(18-11)10-6-12(16)14-13(7-10)19-4-3-5-20-14/h6-7,9,17H,2-5,8H2,1H3. The fourth-order valence-corrected chi connectivity index (χ4v) is 3.20. The number of ether oxygens (including phenoxy) is 2. The van der Waals surface area contributed by atoms with Gasteiger partial charge in [0.25, 0.3) is 0 Å². The van der Waals surface area contributed by atoms with Crippen LogP contribution in [0, 0.1) is 0 Å². The third kappa shape index (κ3) is 3.31. The molecule has 0 atom stereocenters. The van der Waals surface area contributed by atoms with Crippen molar-refractivity contribution in [3.05, 3.63) is 28.2 Å². The highest BCUT2D eigenvalue weighted by Crippen LogP contribution is 2.41. The molecule has 0 bridgehead atoms. The average Bonchev–Trinajstić information content (AvgIpc) is 2.82. The molecule has 21 heavy (non-hydrogen) atoms. The first kappa shape index (κ1) is 14.6. The fourth-order valence-electron chi connectivity index (χ4n) is 2.13. The minimum Gasteiger partial charge on any atom is -0.489 e. The van der Waals surface area contributed by atoms with Gasteiger partial charge in [0.1, 0.15) is 5.01 Å². The highest BCUT2D eigenvalue weighted by molar-refractivity contribution is 7.13. The van der Waals surface area contributed by atoms with E-state index in [1.165, 1.54) is 0 Å². The van der Waals surface area contributed by atoms with Crippen molar-refractivity contribution < 1.29 is 9.47 Å². The molecule has 2 heterocycles. The predicted octanol–water partition coefficient (Wildman–Crippen LogP) is 3.73. The lowest BCUT2D eigenvalue weighted by molar-refractivity contribution is 0.297. The number of rotatable bonds is 4. The summed E-state index contributed by atoms with van der Waals surface area (Å²) < 4.78 is 11.4. The van der Waals surface area contributed by atoms with E-state index in [2.05, 4.69) is 22.6 Å². The van der Waals surface area contributed by atoms with Crippen molar-refractivity contribution in [2.24, 2.45) is 0 Å². The first-order valence-corrected chi connectivity index (χ1v) is 8.28. The maximum Gasteiger partial charge on any atom is 0.179 e. The SMILES string of the molecule is CCNCc1csc(-c2cc(Cl)c3c(c2)OCCCO3)n1. The summed E-state index contributed by atoms with van der Waals surface area (Å²) >= 11 is 7.93. The van der Waals surface area contributed by atoms with E-state index in [9.17, 15) is 0 Å². The zero-order valence-corrected chi connectivity index (χ0v) is 13.4. The third-order valence-electron chi connectivity index (χ3n) is 3.16. The summed E-state index contributed by atoms with van der Waals surface area (Å²) in [5.74, 6) is 1.35. The molecule has 4 nitrogen and oxygen atoms in total. The zero-order chi connectivity index (χ0) is 14.7. The summed E-state index contributed by atoms with van der Waals surface area (Å²) in [5.41, 5.74) is 2.01. The summed E-state index contributed by atoms with van der Waals surface area (Å²) in [5, 5.41) is 6.86. The van der Waals surface area contributed by atoms with Crippen LogP contribution in [0.1, 0.15) is 19.0 Å². The molecular weight excluding hydrogens is 308 g/mol. The van der Waals surface area contributed by atoms with Crippen molar-refractivity contribution in [3.8, 4) is 22.1 Å². The number of aromatic nitrogens is 1. The smallest absolute Gasteiger partial charge is 0.179 e. The van der Waals surface area contributed by atoms with E-state index in [4.69, 9.17) is 21.1 Å². The van der Waals surface area contributed by atoms with E-state index in [1.807, 2.05) is 12.1 Å². The third-order valence-corrected chi connectivity index (χ3v) is 4.38. The van der Waals surface area contributed by atoms with Crippen LogP contribution in [0.5, 0.6) is 11.5 Å². The molecule has 2 aromatic rings. The van der Waals surface area contributed by atoms with Crippen LogP contribution in [0.2, 0.25) is 5.02 Å². The molecule has 3 rings (SSSR count). The van der Waals surface area contributed by atoms with Gasteiger partial charge in [0, 0.05) is 23.9 Å². The number of halogens is 1. The lowest BCUT2D eigenvalue weighted by Gasteiger charge is -2.10. The number of fused-ring (bicyclic) bond motifs is 1. The van der Waals surface area contributed by atoms with Gasteiger partial charge in [0.2, 0.25) is 0 Å². The molecule has 1 aromatic carbocycles. The van der Waals surface area contributed by atoms with Gasteiger partial charge in [0.15, 0.2) is 11.5 Å². The first-order chi connectivity index (χ1) is 10.3. The highest BCUT2D eigenvalue weighted by atomic mass is 35.5. The Labute approximate surface area is 133 Å². The van der Waals surface area contributed by atoms with Gasteiger partial charge in [-0.25, -0.2) is 4.98 Å². The van der Waals surface area contributed by atoms with E-state index < -0.39 is 0 Å². The van der Waals surface area contributed by atoms with Gasteiger partial charge >= 0.3 is 0 Å². The molecule has 112 valence electrons. The van der Waals surface area contributed by atoms with Gasteiger partial charge in [-0.3, -0.25) is 0 Å². The maximum atomic E-state index is 6.32. The minimum absolute atomic E-state index is 0.577. The Hall–Kier alpha value is -1.30. The van der Waals surface area contributed by atoms with Crippen LogP contribution in [0.15, 0.2) is 17.5 Å². The van der Waals surface area contributed by atoms with Gasteiger partial charge in [-0.2, -0.15) is 0 Å². The Bertz CT molecular complexity index is 630. The van der Waals surface area contributed by atoms with Crippen molar-refractivity contribution in [1.29, 1.82) is 0 Å². The monoisotopic (exact) mass is 324 g/mol. The molecular formula is C15H17ClN2O2S. The number of thiazole rings is 1. The van der Waals surface area contributed by atoms with Crippen LogP contribution in [0.4, 0.5) is 0 Å². The molecule has 0 spiro atoms. The van der Waals surface area contributed by atoms with E-state index >= 15 is 0 Å². The average molecular weight is 325 g/mol. The normalized spacial score (nSPS) is 14.0. The van der Waals surface area contributed by atoms with Crippen LogP contribution in [0.25, 0.3) is 10.6 Å². The number of benzene rings is 1. The second kappa shape index (κ2) is 6.64. The van der Waals surface area contributed by atoms with Crippen molar-refractivity contribution in [2.45, 2.75) is 19.9 Å². The molecule has 1 aliphatic rings. The molecule has 0 saturated carbocycles. The van der Waals surface area contributed by atoms with Gasteiger partial charge < -0.3 is 14.8 Å². The number of hydrogen-bond acceptors (Lipinski definition) is 5. The Kier molecular flexibility index (Phi) is 4.63. The van der Waals surface area contributed by atoms with Crippen LogP contribution in [0.3, 0.4) is 0 Å². The Morgan fingerprint density at radius 3 is 3.05 bits per heavy atom. The van der Waals surface area contributed by atoms with Crippen molar-refractivity contribution >= 4 is 22.9 Å². The zero-order valence-electron chi connectivity index (χ0n) is 11.8. The van der Waals surface area contributed by atoms with E-state index in [0.29, 0.717) is 29.7 Å². The first-order valence-electron chi connectivity index (χ1n) is 7.02. The molecule has 1 N–H and O–H groups in total. The molecule has 0 unspecified atom stereocenters. The van der Waals surface area contributed by atoms with Crippen LogP contribution in [-0.4, -0.2) is 24.7 Å². The van der Waals surface area contributed by atoms with Crippen LogP contribution >= 0.6 is 22.9 Å². The Morgan fingerprint density at radius 1 is 1.33 bits per heavy atom. The highest BCUT2D eigenvalue weighted by Gasteiger charge is 2.17.